The molecular formula is C11H24B2O4. The fourth-order valence-electron chi connectivity index (χ4n) is 1.45. The molecule has 0 aromatic rings. The second-order valence-corrected chi connectivity index (χ2v) is 6.63. The van der Waals surface area contributed by atoms with Crippen molar-refractivity contribution in [2.24, 2.45) is 10.8 Å². The second kappa shape index (κ2) is 5.74. The largest absolute Gasteiger partial charge is 0.488 e. The Kier molecular flexibility index (Phi) is 5.07. The summed E-state index contributed by atoms with van der Waals surface area (Å²) in [5.74, 6) is 0. The molecule has 0 aliphatic carbocycles. The maximum Gasteiger partial charge on any atom is 0.488 e. The first-order valence-corrected chi connectivity index (χ1v) is 6.11. The predicted molar refractivity (Wildman–Crippen MR) is 69.6 cm³/mol. The molecule has 98 valence electrons. The van der Waals surface area contributed by atoms with Crippen LogP contribution in [0.25, 0.3) is 0 Å². The Morgan fingerprint density at radius 2 is 1.76 bits per heavy atom. The second-order valence-electron chi connectivity index (χ2n) is 6.63. The number of rotatable bonds is 4. The van der Waals surface area contributed by atoms with Gasteiger partial charge in [-0.2, -0.15) is 0 Å². The van der Waals surface area contributed by atoms with Crippen LogP contribution in [-0.2, 0) is 18.6 Å². The number of hydrogen-bond acceptors (Lipinski definition) is 4. The van der Waals surface area contributed by atoms with E-state index in [4.69, 9.17) is 18.6 Å². The normalized spacial score (nSPS) is 20.5. The van der Waals surface area contributed by atoms with Gasteiger partial charge in [-0.15, -0.1) is 0 Å². The van der Waals surface area contributed by atoms with Crippen LogP contribution in [0.5, 0.6) is 0 Å². The summed E-state index contributed by atoms with van der Waals surface area (Å²) in [6, 6.07) is 0. The van der Waals surface area contributed by atoms with Crippen LogP contribution < -0.4 is 0 Å². The molecule has 6 heteroatoms. The van der Waals surface area contributed by atoms with Crippen molar-refractivity contribution < 1.29 is 18.6 Å². The van der Waals surface area contributed by atoms with Crippen molar-refractivity contribution in [1.82, 2.24) is 0 Å². The highest BCUT2D eigenvalue weighted by atomic mass is 16.7. The van der Waals surface area contributed by atoms with Crippen molar-refractivity contribution in [2.75, 3.05) is 26.9 Å². The predicted octanol–water partition coefficient (Wildman–Crippen LogP) is 1.82. The topological polar surface area (TPSA) is 36.9 Å². The Morgan fingerprint density at radius 1 is 1.24 bits per heavy atom. The van der Waals surface area contributed by atoms with Crippen LogP contribution in [-0.4, -0.2) is 40.9 Å². The van der Waals surface area contributed by atoms with Crippen LogP contribution in [0.2, 0.25) is 0 Å². The molecule has 0 N–H and O–H groups in total. The van der Waals surface area contributed by atoms with E-state index >= 15 is 0 Å². The Hall–Kier alpha value is -0.0301. The van der Waals surface area contributed by atoms with Crippen molar-refractivity contribution in [3.8, 4) is 0 Å². The molecule has 0 atom stereocenters. The molecule has 0 aromatic carbocycles. The van der Waals surface area contributed by atoms with E-state index in [-0.39, 0.29) is 10.8 Å². The van der Waals surface area contributed by atoms with Crippen molar-refractivity contribution >= 4 is 14.0 Å². The van der Waals surface area contributed by atoms with Gasteiger partial charge < -0.3 is 18.6 Å². The molecule has 1 saturated heterocycles. The van der Waals surface area contributed by atoms with E-state index < -0.39 is 14.0 Å². The van der Waals surface area contributed by atoms with Crippen molar-refractivity contribution in [2.45, 2.75) is 34.6 Å². The molecule has 4 nitrogen and oxygen atoms in total. The summed E-state index contributed by atoms with van der Waals surface area (Å²) in [4.78, 5) is 0. The van der Waals surface area contributed by atoms with E-state index in [9.17, 15) is 0 Å². The fraction of sp³-hybridized carbons (Fsp3) is 1.00. The average Bonchev–Trinajstić information content (AvgIpc) is 2.19. The van der Waals surface area contributed by atoms with Gasteiger partial charge in [0.05, 0.1) is 0 Å². The molecule has 0 amide bonds. The summed E-state index contributed by atoms with van der Waals surface area (Å²) < 4.78 is 22.3. The number of hydrogen-bond donors (Lipinski definition) is 0. The summed E-state index contributed by atoms with van der Waals surface area (Å²) in [7, 11) is 0.737. The van der Waals surface area contributed by atoms with E-state index in [1.54, 1.807) is 7.11 Å². The Morgan fingerprint density at radius 3 is 2.18 bits per heavy atom. The monoisotopic (exact) mass is 242 g/mol. The lowest BCUT2D eigenvalue weighted by Crippen LogP contribution is -2.52. The lowest BCUT2D eigenvalue weighted by molar-refractivity contribution is 0.0294. The third kappa shape index (κ3) is 5.42. The molecule has 1 fully saturated rings. The average molecular weight is 242 g/mol. The first-order chi connectivity index (χ1) is 7.73. The summed E-state index contributed by atoms with van der Waals surface area (Å²) in [5.41, 5.74) is 0.170. The van der Waals surface area contributed by atoms with Gasteiger partial charge in [0, 0.05) is 32.3 Å². The molecule has 0 bridgehead atoms. The molecule has 0 spiro atoms. The molecule has 0 radical (unpaired) electrons. The molecule has 1 aliphatic rings. The first-order valence-electron chi connectivity index (χ1n) is 6.11. The minimum Gasteiger partial charge on any atom is -0.416 e. The third-order valence-corrected chi connectivity index (χ3v) is 2.41. The summed E-state index contributed by atoms with van der Waals surface area (Å²) in [6.07, 6.45) is 0. The van der Waals surface area contributed by atoms with Gasteiger partial charge in [0.2, 0.25) is 0 Å². The molecule has 1 aliphatic heterocycles. The maximum atomic E-state index is 5.69. The zero-order valence-electron chi connectivity index (χ0n) is 11.9. The van der Waals surface area contributed by atoms with Gasteiger partial charge in [-0.3, -0.25) is 0 Å². The van der Waals surface area contributed by atoms with Crippen molar-refractivity contribution in [1.29, 1.82) is 0 Å². The summed E-state index contributed by atoms with van der Waals surface area (Å²) >= 11 is 0. The van der Waals surface area contributed by atoms with E-state index in [0.29, 0.717) is 19.8 Å². The zero-order valence-corrected chi connectivity index (χ0v) is 11.9. The van der Waals surface area contributed by atoms with Crippen LogP contribution in [0, 0.1) is 10.8 Å². The zero-order chi connectivity index (χ0) is 13.1. The van der Waals surface area contributed by atoms with E-state index in [1.165, 1.54) is 0 Å². The first kappa shape index (κ1) is 15.0. The lowest BCUT2D eigenvalue weighted by Gasteiger charge is -2.34. The maximum absolute atomic E-state index is 5.69. The van der Waals surface area contributed by atoms with Crippen LogP contribution in [0.15, 0.2) is 0 Å². The molecule has 0 unspecified atom stereocenters. The van der Waals surface area contributed by atoms with Crippen LogP contribution >= 0.6 is 0 Å². The molecular weight excluding hydrogens is 218 g/mol. The molecule has 1 heterocycles. The highest BCUT2D eigenvalue weighted by Gasteiger charge is 2.44. The van der Waals surface area contributed by atoms with Crippen LogP contribution in [0.3, 0.4) is 0 Å². The van der Waals surface area contributed by atoms with Crippen LogP contribution in [0.4, 0.5) is 0 Å². The Bertz CT molecular complexity index is 230. The minimum atomic E-state index is -0.453. The van der Waals surface area contributed by atoms with Gasteiger partial charge in [-0.1, -0.05) is 34.6 Å². The van der Waals surface area contributed by atoms with Gasteiger partial charge in [-0.25, -0.2) is 0 Å². The molecule has 0 aromatic heterocycles. The van der Waals surface area contributed by atoms with E-state index in [0.717, 1.165) is 0 Å². The van der Waals surface area contributed by atoms with Crippen molar-refractivity contribution in [3.05, 3.63) is 0 Å². The smallest absolute Gasteiger partial charge is 0.416 e. The standard InChI is InChI=1S/C11H24B2O4/c1-10(2,3)7-15-12(14-6)13-16-8-11(4,5)9-17-13/h7-9H2,1-6H3. The van der Waals surface area contributed by atoms with E-state index in [2.05, 4.69) is 34.6 Å². The summed E-state index contributed by atoms with van der Waals surface area (Å²) in [6.45, 7) is 12.5. The van der Waals surface area contributed by atoms with Crippen LogP contribution in [0.1, 0.15) is 34.6 Å². The van der Waals surface area contributed by atoms with E-state index in [1.807, 2.05) is 0 Å². The fourth-order valence-corrected chi connectivity index (χ4v) is 1.45. The molecule has 17 heavy (non-hydrogen) atoms. The van der Waals surface area contributed by atoms with Gasteiger partial charge in [0.15, 0.2) is 0 Å². The quantitative estimate of drug-likeness (QED) is 0.704. The lowest BCUT2D eigenvalue weighted by atomic mass is 9.48. The van der Waals surface area contributed by atoms with Gasteiger partial charge in [0.25, 0.3) is 0 Å². The summed E-state index contributed by atoms with van der Waals surface area (Å²) in [5, 5.41) is 0. The third-order valence-electron chi connectivity index (χ3n) is 2.41. The Balaban J connectivity index is 2.41. The minimum absolute atomic E-state index is 0.0683. The highest BCUT2D eigenvalue weighted by Crippen LogP contribution is 2.23. The molecule has 0 saturated carbocycles. The SMILES string of the molecule is COB(OCC(C)(C)C)B1OCC(C)(C)CO1. The van der Waals surface area contributed by atoms with Gasteiger partial charge >= 0.3 is 14.0 Å². The van der Waals surface area contributed by atoms with Gasteiger partial charge in [0.1, 0.15) is 0 Å². The highest BCUT2D eigenvalue weighted by molar-refractivity contribution is 7.10. The van der Waals surface area contributed by atoms with Crippen molar-refractivity contribution in [3.63, 3.8) is 0 Å². The Labute approximate surface area is 106 Å². The molecule has 1 rings (SSSR count). The van der Waals surface area contributed by atoms with Gasteiger partial charge in [-0.05, 0) is 5.41 Å².